The van der Waals surface area contributed by atoms with Crippen LogP contribution in [0.1, 0.15) is 23.2 Å². The van der Waals surface area contributed by atoms with Crippen LogP contribution < -0.4 is 9.62 Å². The van der Waals surface area contributed by atoms with E-state index < -0.39 is 10.0 Å². The van der Waals surface area contributed by atoms with E-state index in [0.717, 1.165) is 17.3 Å². The molecule has 154 valence electrons. The maximum absolute atomic E-state index is 12.7. The number of carbonyl (C=O) groups excluding carboxylic acids is 2. The van der Waals surface area contributed by atoms with Crippen LogP contribution in [0.25, 0.3) is 0 Å². The highest BCUT2D eigenvalue weighted by Crippen LogP contribution is 2.23. The van der Waals surface area contributed by atoms with Crippen molar-refractivity contribution in [3.05, 3.63) is 59.1 Å². The predicted molar refractivity (Wildman–Crippen MR) is 112 cm³/mol. The highest BCUT2D eigenvalue weighted by molar-refractivity contribution is 7.92. The molecule has 1 heterocycles. The maximum atomic E-state index is 12.7. The van der Waals surface area contributed by atoms with Gasteiger partial charge in [0.25, 0.3) is 15.9 Å². The molecule has 0 bridgehead atoms. The first-order valence-corrected chi connectivity index (χ1v) is 11.0. The number of anilines is 1. The quantitative estimate of drug-likeness (QED) is 0.724. The normalized spacial score (nSPS) is 14.1. The average molecular weight is 436 g/mol. The van der Waals surface area contributed by atoms with Crippen molar-refractivity contribution in [3.8, 4) is 0 Å². The molecule has 1 aliphatic heterocycles. The van der Waals surface area contributed by atoms with Crippen molar-refractivity contribution in [3.63, 3.8) is 0 Å². The summed E-state index contributed by atoms with van der Waals surface area (Å²) < 4.78 is 26.6. The number of carbonyl (C=O) groups is 2. The number of nitrogens with one attached hydrogen (secondary N) is 1. The van der Waals surface area contributed by atoms with Gasteiger partial charge in [0, 0.05) is 43.7 Å². The highest BCUT2D eigenvalue weighted by Gasteiger charge is 2.22. The van der Waals surface area contributed by atoms with Crippen LogP contribution in [0.5, 0.6) is 0 Å². The van der Waals surface area contributed by atoms with E-state index in [1.807, 2.05) is 0 Å². The van der Waals surface area contributed by atoms with Crippen LogP contribution in [0.2, 0.25) is 5.02 Å². The zero-order valence-electron chi connectivity index (χ0n) is 16.0. The van der Waals surface area contributed by atoms with Gasteiger partial charge in [-0.1, -0.05) is 11.6 Å². The van der Waals surface area contributed by atoms with Crippen LogP contribution in [0.3, 0.4) is 0 Å². The van der Waals surface area contributed by atoms with Crippen molar-refractivity contribution in [1.29, 1.82) is 0 Å². The molecule has 0 atom stereocenters. The standard InChI is InChI=1S/C20H22ClN3O4S/c1-23(29(27,28)18-10-6-16(21)7-11-18)17-8-4-15(5-9-17)20(26)22-12-14-24-13-2-3-19(24)25/h4-11H,2-3,12-14H2,1H3,(H,22,26). The number of hydrogen-bond donors (Lipinski definition) is 1. The molecule has 0 unspecified atom stereocenters. The number of halogens is 1. The van der Waals surface area contributed by atoms with E-state index >= 15 is 0 Å². The molecular weight excluding hydrogens is 414 g/mol. The summed E-state index contributed by atoms with van der Waals surface area (Å²) in [7, 11) is -2.28. The van der Waals surface area contributed by atoms with Crippen molar-refractivity contribution in [2.24, 2.45) is 0 Å². The Bertz CT molecular complexity index is 991. The second-order valence-corrected chi connectivity index (χ2v) is 9.12. The van der Waals surface area contributed by atoms with Gasteiger partial charge in [0.2, 0.25) is 5.91 Å². The molecule has 9 heteroatoms. The maximum Gasteiger partial charge on any atom is 0.264 e. The molecule has 2 amide bonds. The summed E-state index contributed by atoms with van der Waals surface area (Å²) in [6.45, 7) is 1.60. The Labute approximate surface area is 175 Å². The average Bonchev–Trinajstić information content (AvgIpc) is 3.12. The number of hydrogen-bond acceptors (Lipinski definition) is 4. The molecular formula is C20H22ClN3O4S. The molecule has 0 aliphatic carbocycles. The molecule has 2 aromatic carbocycles. The molecule has 2 aromatic rings. The third-order valence-corrected chi connectivity index (χ3v) is 6.86. The summed E-state index contributed by atoms with van der Waals surface area (Å²) in [6, 6.07) is 12.2. The fourth-order valence-electron chi connectivity index (χ4n) is 3.07. The molecule has 1 fully saturated rings. The fourth-order valence-corrected chi connectivity index (χ4v) is 4.39. The zero-order chi connectivity index (χ0) is 21.0. The second kappa shape index (κ2) is 8.84. The zero-order valence-corrected chi connectivity index (χ0v) is 17.5. The minimum Gasteiger partial charge on any atom is -0.350 e. The lowest BCUT2D eigenvalue weighted by atomic mass is 10.2. The molecule has 1 aliphatic rings. The third-order valence-electron chi connectivity index (χ3n) is 4.80. The van der Waals surface area contributed by atoms with Crippen LogP contribution in [-0.2, 0) is 14.8 Å². The predicted octanol–water partition coefficient (Wildman–Crippen LogP) is 2.52. The van der Waals surface area contributed by atoms with Gasteiger partial charge in [0.15, 0.2) is 0 Å². The Balaban J connectivity index is 1.62. The van der Waals surface area contributed by atoms with E-state index in [2.05, 4.69) is 5.32 Å². The van der Waals surface area contributed by atoms with Gasteiger partial charge in [-0.15, -0.1) is 0 Å². The lowest BCUT2D eigenvalue weighted by molar-refractivity contribution is -0.127. The highest BCUT2D eigenvalue weighted by atomic mass is 35.5. The SMILES string of the molecule is CN(c1ccc(C(=O)NCCN2CCCC2=O)cc1)S(=O)(=O)c1ccc(Cl)cc1. The molecule has 1 saturated heterocycles. The van der Waals surface area contributed by atoms with Gasteiger partial charge in [-0.2, -0.15) is 0 Å². The van der Waals surface area contributed by atoms with E-state index in [1.54, 1.807) is 29.2 Å². The summed E-state index contributed by atoms with van der Waals surface area (Å²) in [5.41, 5.74) is 0.845. The van der Waals surface area contributed by atoms with Gasteiger partial charge in [0.1, 0.15) is 0 Å². The largest absolute Gasteiger partial charge is 0.350 e. The number of likely N-dealkylation sites (tertiary alicyclic amines) is 1. The first kappa shape index (κ1) is 21.1. The number of rotatable bonds is 7. The van der Waals surface area contributed by atoms with Gasteiger partial charge >= 0.3 is 0 Å². The molecule has 0 radical (unpaired) electrons. The lowest BCUT2D eigenvalue weighted by Crippen LogP contribution is -2.35. The Hall–Kier alpha value is -2.58. The van der Waals surface area contributed by atoms with Crippen LogP contribution in [0.15, 0.2) is 53.4 Å². The van der Waals surface area contributed by atoms with Gasteiger partial charge in [-0.25, -0.2) is 8.42 Å². The summed E-state index contributed by atoms with van der Waals surface area (Å²) >= 11 is 5.82. The minimum absolute atomic E-state index is 0.119. The number of amides is 2. The second-order valence-electron chi connectivity index (χ2n) is 6.71. The summed E-state index contributed by atoms with van der Waals surface area (Å²) in [4.78, 5) is 25.7. The van der Waals surface area contributed by atoms with Crippen molar-refractivity contribution < 1.29 is 18.0 Å². The molecule has 3 rings (SSSR count). The minimum atomic E-state index is -3.73. The molecule has 0 spiro atoms. The topological polar surface area (TPSA) is 86.8 Å². The Morgan fingerprint density at radius 1 is 1.14 bits per heavy atom. The van der Waals surface area contributed by atoms with Gasteiger partial charge < -0.3 is 10.2 Å². The lowest BCUT2D eigenvalue weighted by Gasteiger charge is -2.20. The fraction of sp³-hybridized carbons (Fsp3) is 0.300. The van der Waals surface area contributed by atoms with E-state index in [4.69, 9.17) is 11.6 Å². The van der Waals surface area contributed by atoms with E-state index in [9.17, 15) is 18.0 Å². The van der Waals surface area contributed by atoms with Crippen molar-refractivity contribution in [1.82, 2.24) is 10.2 Å². The van der Waals surface area contributed by atoms with E-state index in [0.29, 0.717) is 35.8 Å². The van der Waals surface area contributed by atoms with Crippen LogP contribution in [-0.4, -0.2) is 51.8 Å². The summed E-state index contributed by atoms with van der Waals surface area (Å²) in [5, 5.41) is 3.23. The van der Waals surface area contributed by atoms with E-state index in [-0.39, 0.29) is 16.7 Å². The van der Waals surface area contributed by atoms with Gasteiger partial charge in [-0.3, -0.25) is 13.9 Å². The van der Waals surface area contributed by atoms with Crippen molar-refractivity contribution >= 4 is 39.1 Å². The first-order valence-electron chi connectivity index (χ1n) is 9.19. The summed E-state index contributed by atoms with van der Waals surface area (Å²) in [5.74, 6) is -0.153. The van der Waals surface area contributed by atoms with Crippen LogP contribution >= 0.6 is 11.6 Å². The molecule has 29 heavy (non-hydrogen) atoms. The van der Waals surface area contributed by atoms with Crippen LogP contribution in [0, 0.1) is 0 Å². The molecule has 0 saturated carbocycles. The van der Waals surface area contributed by atoms with Crippen molar-refractivity contribution in [2.75, 3.05) is 31.0 Å². The Morgan fingerprint density at radius 3 is 2.38 bits per heavy atom. The van der Waals surface area contributed by atoms with E-state index in [1.165, 1.54) is 31.3 Å². The van der Waals surface area contributed by atoms with Gasteiger partial charge in [-0.05, 0) is 55.0 Å². The Morgan fingerprint density at radius 2 is 1.79 bits per heavy atom. The molecule has 1 N–H and O–H groups in total. The molecule has 7 nitrogen and oxygen atoms in total. The van der Waals surface area contributed by atoms with Gasteiger partial charge in [0.05, 0.1) is 10.6 Å². The van der Waals surface area contributed by atoms with Crippen LogP contribution in [0.4, 0.5) is 5.69 Å². The Kier molecular flexibility index (Phi) is 6.44. The number of benzene rings is 2. The monoisotopic (exact) mass is 435 g/mol. The first-order chi connectivity index (χ1) is 13.8. The smallest absolute Gasteiger partial charge is 0.264 e. The summed E-state index contributed by atoms with van der Waals surface area (Å²) in [6.07, 6.45) is 1.43. The molecule has 0 aromatic heterocycles. The number of nitrogens with zero attached hydrogens (tertiary/aromatic N) is 2. The third kappa shape index (κ3) is 4.89. The number of sulfonamides is 1. The van der Waals surface area contributed by atoms with Crippen molar-refractivity contribution in [2.45, 2.75) is 17.7 Å².